The van der Waals surface area contributed by atoms with Crippen LogP contribution in [0.4, 0.5) is 18.9 Å². The zero-order valence-corrected chi connectivity index (χ0v) is 20.9. The van der Waals surface area contributed by atoms with Crippen molar-refractivity contribution in [3.8, 4) is 0 Å². The summed E-state index contributed by atoms with van der Waals surface area (Å²) in [6.45, 7) is 3.27. The van der Waals surface area contributed by atoms with Gasteiger partial charge in [-0.05, 0) is 42.0 Å². The van der Waals surface area contributed by atoms with Gasteiger partial charge in [-0.2, -0.15) is 22.6 Å². The highest BCUT2D eigenvalue weighted by Gasteiger charge is 2.46. The standard InChI is InChI=1S/C16H14F3IN6O3S3/c1-5-6(2)24-25-13-8(5)9(21)10(30-13)12(27)22-7-3-26(4-7)32(28,29)14-11(16(17,18)19)23-15(20)31-14/h7H,3-4,21H2,1-2H3,(H,22,27). The summed E-state index contributed by atoms with van der Waals surface area (Å²) in [5.74, 6) is -0.507. The summed E-state index contributed by atoms with van der Waals surface area (Å²) in [4.78, 5) is 16.7. The van der Waals surface area contributed by atoms with Crippen molar-refractivity contribution in [1.82, 2.24) is 24.8 Å². The number of halogens is 4. The minimum absolute atomic E-state index is 0.0345. The summed E-state index contributed by atoms with van der Waals surface area (Å²) in [6, 6.07) is -0.572. The fourth-order valence-electron chi connectivity index (χ4n) is 3.14. The summed E-state index contributed by atoms with van der Waals surface area (Å²) >= 11 is 3.07. The Hall–Kier alpha value is -1.63. The zero-order valence-electron chi connectivity index (χ0n) is 16.3. The lowest BCUT2D eigenvalue weighted by Gasteiger charge is -2.38. The summed E-state index contributed by atoms with van der Waals surface area (Å²) in [5, 5.41) is 11.4. The van der Waals surface area contributed by atoms with E-state index in [1.807, 2.05) is 6.92 Å². The third-order valence-corrected chi connectivity index (χ3v) is 10.1. The molecule has 0 spiro atoms. The van der Waals surface area contributed by atoms with E-state index in [1.165, 1.54) is 0 Å². The second kappa shape index (κ2) is 8.00. The van der Waals surface area contributed by atoms with Crippen LogP contribution in [0.15, 0.2) is 4.21 Å². The number of thiophene rings is 1. The second-order valence-electron chi connectivity index (χ2n) is 7.03. The quantitative estimate of drug-likeness (QED) is 0.430. The van der Waals surface area contributed by atoms with E-state index in [0.717, 1.165) is 21.2 Å². The molecule has 0 unspecified atom stereocenters. The molecule has 172 valence electrons. The normalized spacial score (nSPS) is 15.8. The molecular formula is C16H14F3IN6O3S3. The number of hydrogen-bond donors (Lipinski definition) is 2. The first-order valence-corrected chi connectivity index (χ1v) is 13.0. The van der Waals surface area contributed by atoms with Crippen molar-refractivity contribution >= 4 is 77.1 Å². The number of alkyl halides is 3. The number of thiazole rings is 1. The first kappa shape index (κ1) is 23.5. The van der Waals surface area contributed by atoms with E-state index >= 15 is 0 Å². The fraction of sp³-hybridized carbons (Fsp3) is 0.375. The highest BCUT2D eigenvalue weighted by molar-refractivity contribution is 14.1. The number of anilines is 1. The monoisotopic (exact) mass is 618 g/mol. The highest BCUT2D eigenvalue weighted by Crippen LogP contribution is 2.40. The first-order valence-electron chi connectivity index (χ1n) is 8.87. The molecule has 16 heteroatoms. The largest absolute Gasteiger partial charge is 0.435 e. The van der Waals surface area contributed by atoms with Gasteiger partial charge in [0.2, 0.25) is 0 Å². The number of carbonyl (C=O) groups is 1. The molecule has 0 saturated carbocycles. The molecule has 0 radical (unpaired) electrons. The number of aromatic nitrogens is 3. The molecule has 4 heterocycles. The van der Waals surface area contributed by atoms with Gasteiger partial charge in [0.1, 0.15) is 9.71 Å². The van der Waals surface area contributed by atoms with Gasteiger partial charge in [0.25, 0.3) is 15.9 Å². The van der Waals surface area contributed by atoms with Gasteiger partial charge in [-0.1, -0.05) is 11.3 Å². The minimum Gasteiger partial charge on any atom is -0.397 e. The number of amides is 1. The lowest BCUT2D eigenvalue weighted by atomic mass is 10.1. The zero-order chi connectivity index (χ0) is 23.6. The molecule has 1 aliphatic rings. The number of nitrogen functional groups attached to an aromatic ring is 1. The third kappa shape index (κ3) is 3.95. The van der Waals surface area contributed by atoms with Gasteiger partial charge in [0.15, 0.2) is 12.9 Å². The van der Waals surface area contributed by atoms with Crippen LogP contribution < -0.4 is 11.1 Å². The Morgan fingerprint density at radius 2 is 1.91 bits per heavy atom. The molecule has 3 aromatic heterocycles. The van der Waals surface area contributed by atoms with E-state index in [-0.39, 0.29) is 26.7 Å². The van der Waals surface area contributed by atoms with Gasteiger partial charge >= 0.3 is 6.18 Å². The van der Waals surface area contributed by atoms with Gasteiger partial charge in [-0.15, -0.1) is 16.4 Å². The molecule has 9 nitrogen and oxygen atoms in total. The Kier molecular flexibility index (Phi) is 5.88. The van der Waals surface area contributed by atoms with E-state index in [1.54, 1.807) is 29.5 Å². The molecule has 0 atom stereocenters. The van der Waals surface area contributed by atoms with Crippen LogP contribution in [0.5, 0.6) is 0 Å². The molecular weight excluding hydrogens is 604 g/mol. The third-order valence-electron chi connectivity index (χ3n) is 4.94. The molecule has 0 bridgehead atoms. The molecule has 3 N–H and O–H groups in total. The number of nitrogens with zero attached hydrogens (tertiary/aromatic N) is 4. The van der Waals surface area contributed by atoms with Crippen molar-refractivity contribution < 1.29 is 26.4 Å². The smallest absolute Gasteiger partial charge is 0.397 e. The van der Waals surface area contributed by atoms with Crippen LogP contribution in [0.2, 0.25) is 0 Å². The number of fused-ring (bicyclic) bond motifs is 1. The molecule has 1 amide bonds. The molecule has 1 aliphatic heterocycles. The van der Waals surface area contributed by atoms with Crippen LogP contribution in [0.1, 0.15) is 26.6 Å². The molecule has 1 fully saturated rings. The Labute approximate surface area is 201 Å². The topological polar surface area (TPSA) is 131 Å². The van der Waals surface area contributed by atoms with Crippen molar-refractivity contribution in [1.29, 1.82) is 0 Å². The Morgan fingerprint density at radius 1 is 1.25 bits per heavy atom. The van der Waals surface area contributed by atoms with E-state index in [0.29, 0.717) is 27.2 Å². The summed E-state index contributed by atoms with van der Waals surface area (Å²) < 4.78 is 64.9. The van der Waals surface area contributed by atoms with Crippen LogP contribution in [-0.4, -0.2) is 52.9 Å². The number of aryl methyl sites for hydroxylation is 2. The van der Waals surface area contributed by atoms with E-state index in [4.69, 9.17) is 5.73 Å². The SMILES string of the molecule is Cc1nnc2sc(C(=O)NC3CN(S(=O)(=O)c4sc(I)nc4C(F)(F)F)C3)c(N)c2c1C. The van der Waals surface area contributed by atoms with Gasteiger partial charge in [-0.3, -0.25) is 4.79 Å². The second-order valence-corrected chi connectivity index (χ2v) is 12.9. The Bertz CT molecular complexity index is 1350. The minimum atomic E-state index is -4.89. The van der Waals surface area contributed by atoms with E-state index in [2.05, 4.69) is 20.5 Å². The lowest BCUT2D eigenvalue weighted by Crippen LogP contribution is -2.60. The predicted molar refractivity (Wildman–Crippen MR) is 121 cm³/mol. The molecule has 0 aromatic carbocycles. The summed E-state index contributed by atoms with van der Waals surface area (Å²) in [5.41, 5.74) is 6.47. The van der Waals surface area contributed by atoms with E-state index in [9.17, 15) is 26.4 Å². The summed E-state index contributed by atoms with van der Waals surface area (Å²) in [7, 11) is -4.39. The number of hydrogen-bond acceptors (Lipinski definition) is 9. The van der Waals surface area contributed by atoms with Crippen molar-refractivity contribution in [3.05, 3.63) is 24.8 Å². The Morgan fingerprint density at radius 3 is 2.53 bits per heavy atom. The van der Waals surface area contributed by atoms with Crippen LogP contribution in [0.3, 0.4) is 0 Å². The van der Waals surface area contributed by atoms with Crippen LogP contribution in [-0.2, 0) is 16.2 Å². The average Bonchev–Trinajstić information content (AvgIpc) is 3.22. The number of carbonyl (C=O) groups excluding carboxylic acids is 1. The molecule has 32 heavy (non-hydrogen) atoms. The van der Waals surface area contributed by atoms with Crippen molar-refractivity contribution in [3.63, 3.8) is 0 Å². The van der Waals surface area contributed by atoms with Crippen molar-refractivity contribution in [2.45, 2.75) is 30.3 Å². The maximum Gasteiger partial charge on any atom is 0.435 e. The number of rotatable bonds is 4. The predicted octanol–water partition coefficient (Wildman–Crippen LogP) is 2.77. The number of sulfonamides is 1. The van der Waals surface area contributed by atoms with Crippen molar-refractivity contribution in [2.24, 2.45) is 0 Å². The van der Waals surface area contributed by atoms with Gasteiger partial charge in [0.05, 0.1) is 17.4 Å². The van der Waals surface area contributed by atoms with Crippen LogP contribution >= 0.6 is 45.3 Å². The highest BCUT2D eigenvalue weighted by atomic mass is 127. The molecule has 4 rings (SSSR count). The Balaban J connectivity index is 1.49. The maximum absolute atomic E-state index is 13.2. The maximum atomic E-state index is 13.2. The van der Waals surface area contributed by atoms with Crippen molar-refractivity contribution in [2.75, 3.05) is 18.8 Å². The molecule has 3 aromatic rings. The van der Waals surface area contributed by atoms with Crippen LogP contribution in [0, 0.1) is 16.9 Å². The average molecular weight is 618 g/mol. The molecule has 0 aliphatic carbocycles. The van der Waals surface area contributed by atoms with Gasteiger partial charge in [0, 0.05) is 18.5 Å². The van der Waals surface area contributed by atoms with Crippen LogP contribution in [0.25, 0.3) is 10.2 Å². The fourth-order valence-corrected chi connectivity index (χ4v) is 8.41. The molecule has 1 saturated heterocycles. The van der Waals surface area contributed by atoms with Gasteiger partial charge < -0.3 is 11.1 Å². The lowest BCUT2D eigenvalue weighted by molar-refractivity contribution is -0.143. The van der Waals surface area contributed by atoms with E-state index < -0.39 is 38.1 Å². The number of nitrogens with two attached hydrogens (primary N) is 1. The number of nitrogens with one attached hydrogen (secondary N) is 1. The summed E-state index contributed by atoms with van der Waals surface area (Å²) in [6.07, 6.45) is -4.89. The first-order chi connectivity index (χ1) is 14.8. The van der Waals surface area contributed by atoms with Gasteiger partial charge in [-0.25, -0.2) is 13.4 Å².